The van der Waals surface area contributed by atoms with Gasteiger partial charge in [0.15, 0.2) is 0 Å². The molecule has 1 aromatic heterocycles. The van der Waals surface area contributed by atoms with Crippen LogP contribution >= 0.6 is 11.8 Å². The standard InChI is InChI=1S/C12H9N3O5S2.Na/c16-9-7(10-15(9)8(5-21-10)11(17)18)3-6-4-14-1-2-22(19,20)12(14)13-6;/h3-5,10H,1-2H2,(H,17,18);/q;+1/p-1/b7-3-;/t10-;/m1./s1. The van der Waals surface area contributed by atoms with E-state index in [4.69, 9.17) is 0 Å². The van der Waals surface area contributed by atoms with E-state index in [0.29, 0.717) is 17.8 Å². The van der Waals surface area contributed by atoms with Gasteiger partial charge < -0.3 is 14.5 Å². The minimum Gasteiger partial charge on any atom is -0.543 e. The van der Waals surface area contributed by atoms with Gasteiger partial charge in [-0.05, 0) is 11.5 Å². The number of fused-ring (bicyclic) bond motifs is 2. The number of rotatable bonds is 2. The number of aliphatic carboxylic acids is 1. The van der Waals surface area contributed by atoms with Crippen LogP contribution in [0.1, 0.15) is 5.69 Å². The minimum absolute atomic E-state index is 0. The number of sulfone groups is 1. The molecule has 1 atom stereocenters. The van der Waals surface area contributed by atoms with Crippen molar-refractivity contribution < 1.29 is 52.7 Å². The van der Waals surface area contributed by atoms with Crippen molar-refractivity contribution in [3.8, 4) is 0 Å². The van der Waals surface area contributed by atoms with Crippen LogP contribution in [0.15, 0.2) is 28.0 Å². The molecule has 114 valence electrons. The third kappa shape index (κ3) is 2.40. The number of nitrogens with zero attached hydrogens (tertiary/aromatic N) is 3. The normalized spacial score (nSPS) is 25.5. The molecule has 0 aliphatic carbocycles. The van der Waals surface area contributed by atoms with Crippen LogP contribution in [0.4, 0.5) is 0 Å². The maximum Gasteiger partial charge on any atom is 1.00 e. The molecule has 8 nitrogen and oxygen atoms in total. The number of aryl methyl sites for hydroxylation is 1. The van der Waals surface area contributed by atoms with E-state index >= 15 is 0 Å². The summed E-state index contributed by atoms with van der Waals surface area (Å²) in [6.07, 6.45) is 3.08. The summed E-state index contributed by atoms with van der Waals surface area (Å²) >= 11 is 1.19. The molecule has 0 bridgehead atoms. The van der Waals surface area contributed by atoms with Crippen LogP contribution in [0.25, 0.3) is 6.08 Å². The first-order valence-electron chi connectivity index (χ1n) is 6.30. The van der Waals surface area contributed by atoms with Crippen molar-refractivity contribution in [2.75, 3.05) is 5.75 Å². The Hall–Kier alpha value is -1.07. The predicted molar refractivity (Wildman–Crippen MR) is 73.6 cm³/mol. The van der Waals surface area contributed by atoms with Crippen LogP contribution in [0.5, 0.6) is 0 Å². The van der Waals surface area contributed by atoms with E-state index in [9.17, 15) is 23.1 Å². The number of thioether (sulfide) groups is 1. The van der Waals surface area contributed by atoms with Crippen molar-refractivity contribution in [3.05, 3.63) is 28.6 Å². The van der Waals surface area contributed by atoms with Gasteiger partial charge in [-0.2, -0.15) is 0 Å². The van der Waals surface area contributed by atoms with Crippen LogP contribution in [0, 0.1) is 0 Å². The van der Waals surface area contributed by atoms with Gasteiger partial charge in [-0.15, -0.1) is 11.8 Å². The van der Waals surface area contributed by atoms with Crippen LogP contribution in [0.3, 0.4) is 0 Å². The average Bonchev–Trinajstić information content (AvgIpc) is 3.10. The number of carboxylic acids is 1. The monoisotopic (exact) mass is 361 g/mol. The first-order chi connectivity index (χ1) is 10.4. The second kappa shape index (κ2) is 5.49. The summed E-state index contributed by atoms with van der Waals surface area (Å²) in [6.45, 7) is 0.350. The van der Waals surface area contributed by atoms with Gasteiger partial charge in [0.2, 0.25) is 15.0 Å². The second-order valence-corrected chi connectivity index (χ2v) is 7.97. The number of carbonyl (C=O) groups excluding carboxylic acids is 2. The molecule has 0 unspecified atom stereocenters. The van der Waals surface area contributed by atoms with Crippen molar-refractivity contribution in [1.29, 1.82) is 0 Å². The summed E-state index contributed by atoms with van der Waals surface area (Å²) < 4.78 is 25.0. The zero-order valence-electron chi connectivity index (χ0n) is 11.9. The van der Waals surface area contributed by atoms with Gasteiger partial charge in [0, 0.05) is 12.7 Å². The molecule has 1 aromatic rings. The number of aromatic nitrogens is 2. The molecule has 3 aliphatic rings. The van der Waals surface area contributed by atoms with Gasteiger partial charge in [-0.1, -0.05) is 0 Å². The Morgan fingerprint density at radius 1 is 1.48 bits per heavy atom. The fourth-order valence-corrected chi connectivity index (χ4v) is 5.10. The van der Waals surface area contributed by atoms with Gasteiger partial charge in [-0.3, -0.25) is 9.69 Å². The molecule has 4 rings (SSSR count). The van der Waals surface area contributed by atoms with Gasteiger partial charge in [0.25, 0.3) is 5.91 Å². The van der Waals surface area contributed by atoms with Crippen molar-refractivity contribution >= 4 is 39.6 Å². The van der Waals surface area contributed by atoms with E-state index in [1.165, 1.54) is 27.8 Å². The third-order valence-electron chi connectivity index (χ3n) is 3.68. The molecule has 0 aromatic carbocycles. The third-order valence-corrected chi connectivity index (χ3v) is 6.37. The van der Waals surface area contributed by atoms with E-state index in [1.807, 2.05) is 0 Å². The zero-order chi connectivity index (χ0) is 15.6. The topological polar surface area (TPSA) is 112 Å². The molecule has 3 aliphatic heterocycles. The quantitative estimate of drug-likeness (QED) is 0.297. The van der Waals surface area contributed by atoms with Crippen LogP contribution < -0.4 is 34.7 Å². The number of amides is 1. The molecule has 0 radical (unpaired) electrons. The van der Waals surface area contributed by atoms with E-state index in [-0.39, 0.29) is 46.2 Å². The maximum atomic E-state index is 12.0. The van der Waals surface area contributed by atoms with Gasteiger partial charge in [-0.25, -0.2) is 13.4 Å². The number of hydrogen-bond acceptors (Lipinski definition) is 7. The fourth-order valence-electron chi connectivity index (χ4n) is 2.62. The molecule has 23 heavy (non-hydrogen) atoms. The molecule has 1 saturated heterocycles. The summed E-state index contributed by atoms with van der Waals surface area (Å²) in [7, 11) is -3.33. The summed E-state index contributed by atoms with van der Waals surface area (Å²) in [4.78, 5) is 28.1. The first kappa shape index (κ1) is 16.8. The van der Waals surface area contributed by atoms with Crippen molar-refractivity contribution in [3.63, 3.8) is 0 Å². The van der Waals surface area contributed by atoms with Gasteiger partial charge >= 0.3 is 29.6 Å². The maximum absolute atomic E-state index is 12.0. The Labute approximate surface area is 157 Å². The summed E-state index contributed by atoms with van der Waals surface area (Å²) in [5.74, 6) is -1.79. The largest absolute Gasteiger partial charge is 1.00 e. The summed E-state index contributed by atoms with van der Waals surface area (Å²) in [5.41, 5.74) is 0.627. The molecule has 0 N–H and O–H groups in total. The van der Waals surface area contributed by atoms with Crippen LogP contribution in [-0.4, -0.2) is 45.9 Å². The SMILES string of the molecule is O=C([O-])C1=CS[C@@H]2/C(=C\c3cn4c(n3)S(=O)(=O)CC4)C(=O)N12.[Na+]. The molecule has 4 heterocycles. The molecule has 0 spiro atoms. The Morgan fingerprint density at radius 3 is 2.87 bits per heavy atom. The Kier molecular flexibility index (Phi) is 4.00. The Bertz CT molecular complexity index is 902. The molecule has 1 amide bonds. The van der Waals surface area contributed by atoms with E-state index in [1.54, 1.807) is 6.20 Å². The Morgan fingerprint density at radius 2 is 2.22 bits per heavy atom. The van der Waals surface area contributed by atoms with Crippen molar-refractivity contribution in [1.82, 2.24) is 14.5 Å². The molecule has 11 heteroatoms. The molecule has 1 fully saturated rings. The van der Waals surface area contributed by atoms with E-state index < -0.39 is 27.1 Å². The van der Waals surface area contributed by atoms with Crippen molar-refractivity contribution in [2.24, 2.45) is 0 Å². The van der Waals surface area contributed by atoms with Crippen LogP contribution in [-0.2, 0) is 26.0 Å². The smallest absolute Gasteiger partial charge is 0.543 e. The number of hydrogen-bond donors (Lipinski definition) is 0. The molecule has 0 saturated carbocycles. The zero-order valence-corrected chi connectivity index (χ0v) is 15.6. The average molecular weight is 361 g/mol. The summed E-state index contributed by atoms with van der Waals surface area (Å²) in [6, 6.07) is 0. The fraction of sp³-hybridized carbons (Fsp3) is 0.250. The van der Waals surface area contributed by atoms with Gasteiger partial charge in [0.1, 0.15) is 5.37 Å². The van der Waals surface area contributed by atoms with E-state index in [0.717, 1.165) is 4.90 Å². The van der Waals surface area contributed by atoms with Gasteiger partial charge in [0.05, 0.1) is 28.7 Å². The number of β-lactam (4-membered cyclic amide) rings is 1. The summed E-state index contributed by atoms with van der Waals surface area (Å²) in [5, 5.41) is 11.9. The number of imidazole rings is 1. The predicted octanol–water partition coefficient (Wildman–Crippen LogP) is -4.44. The minimum atomic E-state index is -3.33. The Balaban J connectivity index is 0.00000156. The van der Waals surface area contributed by atoms with E-state index in [2.05, 4.69) is 4.98 Å². The molecular weight excluding hydrogens is 353 g/mol. The molecular formula is C12H8N3NaO5S2. The van der Waals surface area contributed by atoms with Crippen LogP contribution in [0.2, 0.25) is 0 Å². The first-order valence-corrected chi connectivity index (χ1v) is 8.90. The van der Waals surface area contributed by atoms with Crippen molar-refractivity contribution in [2.45, 2.75) is 17.1 Å². The number of carboxylic acid groups (broad SMARTS) is 1. The number of carbonyl (C=O) groups is 2. The second-order valence-electron chi connectivity index (χ2n) is 5.01.